The monoisotopic (exact) mass is 320 g/mol. The molecule has 0 saturated heterocycles. The van der Waals surface area contributed by atoms with Crippen LogP contribution in [0.5, 0.6) is 0 Å². The summed E-state index contributed by atoms with van der Waals surface area (Å²) in [7, 11) is 0. The van der Waals surface area contributed by atoms with Gasteiger partial charge < -0.3 is 20.7 Å². The van der Waals surface area contributed by atoms with Gasteiger partial charge in [0.25, 0.3) is 0 Å². The molecule has 0 aliphatic carbocycles. The van der Waals surface area contributed by atoms with Crippen LogP contribution in [0.2, 0.25) is 0 Å². The molecule has 1 aromatic rings. The Bertz CT molecular complexity index is 533. The fourth-order valence-electron chi connectivity index (χ4n) is 1.82. The van der Waals surface area contributed by atoms with E-state index in [2.05, 4.69) is 10.3 Å². The maximum atomic E-state index is 12.0. The van der Waals surface area contributed by atoms with Crippen LogP contribution in [-0.2, 0) is 4.74 Å². The van der Waals surface area contributed by atoms with Crippen LogP contribution in [0.15, 0.2) is 29.3 Å². The van der Waals surface area contributed by atoms with E-state index in [0.29, 0.717) is 25.6 Å². The van der Waals surface area contributed by atoms with Gasteiger partial charge >= 0.3 is 6.09 Å². The molecular formula is C17H28N4O2. The van der Waals surface area contributed by atoms with Crippen molar-refractivity contribution in [2.75, 3.05) is 25.0 Å². The second-order valence-electron chi connectivity index (χ2n) is 6.32. The molecule has 6 nitrogen and oxygen atoms in total. The zero-order valence-corrected chi connectivity index (χ0v) is 14.7. The number of nitrogens with two attached hydrogens (primary N) is 1. The molecule has 0 radical (unpaired) electrons. The first-order valence-corrected chi connectivity index (χ1v) is 7.83. The fraction of sp³-hybridized carbons (Fsp3) is 0.529. The molecule has 0 fully saturated rings. The number of ether oxygens (including phenoxy) is 1. The lowest BCUT2D eigenvalue weighted by molar-refractivity contribution is 0.0266. The van der Waals surface area contributed by atoms with Crippen molar-refractivity contribution in [2.45, 2.75) is 40.2 Å². The average molecular weight is 320 g/mol. The average Bonchev–Trinajstić information content (AvgIpc) is 2.44. The Labute approximate surface area is 138 Å². The SMILES string of the molecule is CCN(CCN=C(N)Nc1ccc(C)cc1)C(=O)OC(C)(C)C. The summed E-state index contributed by atoms with van der Waals surface area (Å²) >= 11 is 0. The Balaban J connectivity index is 2.48. The minimum Gasteiger partial charge on any atom is -0.444 e. The molecule has 128 valence electrons. The summed E-state index contributed by atoms with van der Waals surface area (Å²) in [4.78, 5) is 17.8. The van der Waals surface area contributed by atoms with E-state index >= 15 is 0 Å². The fourth-order valence-corrected chi connectivity index (χ4v) is 1.82. The molecule has 0 heterocycles. The maximum absolute atomic E-state index is 12.0. The van der Waals surface area contributed by atoms with Gasteiger partial charge in [0.2, 0.25) is 0 Å². The summed E-state index contributed by atoms with van der Waals surface area (Å²) in [6, 6.07) is 7.88. The molecule has 6 heteroatoms. The third kappa shape index (κ3) is 7.54. The highest BCUT2D eigenvalue weighted by Crippen LogP contribution is 2.10. The highest BCUT2D eigenvalue weighted by atomic mass is 16.6. The van der Waals surface area contributed by atoms with Crippen molar-refractivity contribution in [1.82, 2.24) is 4.90 Å². The molecule has 0 bridgehead atoms. The van der Waals surface area contributed by atoms with Gasteiger partial charge in [0, 0.05) is 18.8 Å². The lowest BCUT2D eigenvalue weighted by Gasteiger charge is -2.26. The van der Waals surface area contributed by atoms with E-state index < -0.39 is 5.60 Å². The van der Waals surface area contributed by atoms with Gasteiger partial charge in [-0.25, -0.2) is 4.79 Å². The summed E-state index contributed by atoms with van der Waals surface area (Å²) < 4.78 is 5.35. The molecule has 23 heavy (non-hydrogen) atoms. The number of aryl methyl sites for hydroxylation is 1. The smallest absolute Gasteiger partial charge is 0.410 e. The zero-order valence-electron chi connectivity index (χ0n) is 14.7. The summed E-state index contributed by atoms with van der Waals surface area (Å²) in [5.41, 5.74) is 7.42. The predicted octanol–water partition coefficient (Wildman–Crippen LogP) is 2.98. The molecule has 0 unspecified atom stereocenters. The molecule has 0 aromatic heterocycles. The van der Waals surface area contributed by atoms with Gasteiger partial charge in [-0.3, -0.25) is 4.99 Å². The molecular weight excluding hydrogens is 292 g/mol. The quantitative estimate of drug-likeness (QED) is 0.645. The maximum Gasteiger partial charge on any atom is 0.410 e. The van der Waals surface area contributed by atoms with Gasteiger partial charge in [-0.05, 0) is 46.8 Å². The number of likely N-dealkylation sites (N-methyl/N-ethyl adjacent to an activating group) is 1. The van der Waals surface area contributed by atoms with Crippen LogP contribution in [-0.4, -0.2) is 42.2 Å². The van der Waals surface area contributed by atoms with Gasteiger partial charge in [-0.15, -0.1) is 0 Å². The topological polar surface area (TPSA) is 80.0 Å². The molecule has 1 rings (SSSR count). The second-order valence-corrected chi connectivity index (χ2v) is 6.32. The molecule has 0 saturated carbocycles. The summed E-state index contributed by atoms with van der Waals surface area (Å²) in [6.45, 7) is 10.9. The molecule has 1 aromatic carbocycles. The number of anilines is 1. The number of benzene rings is 1. The van der Waals surface area contributed by atoms with E-state index in [1.807, 2.05) is 58.9 Å². The lowest BCUT2D eigenvalue weighted by Crippen LogP contribution is -2.38. The number of hydrogen-bond donors (Lipinski definition) is 2. The van der Waals surface area contributed by atoms with E-state index in [1.54, 1.807) is 4.90 Å². The molecule has 3 N–H and O–H groups in total. The Morgan fingerprint density at radius 3 is 2.43 bits per heavy atom. The standard InChI is InChI=1S/C17H28N4O2/c1-6-21(16(22)23-17(3,4)5)12-11-19-15(18)20-14-9-7-13(2)8-10-14/h7-10H,6,11-12H2,1-5H3,(H3,18,19,20). The number of amides is 1. The Hall–Kier alpha value is -2.24. The Morgan fingerprint density at radius 2 is 1.91 bits per heavy atom. The number of nitrogens with zero attached hydrogens (tertiary/aromatic N) is 2. The van der Waals surface area contributed by atoms with E-state index in [9.17, 15) is 4.79 Å². The molecule has 0 aliphatic rings. The van der Waals surface area contributed by atoms with Gasteiger partial charge in [-0.1, -0.05) is 17.7 Å². The largest absolute Gasteiger partial charge is 0.444 e. The van der Waals surface area contributed by atoms with Crippen molar-refractivity contribution in [1.29, 1.82) is 0 Å². The third-order valence-electron chi connectivity index (χ3n) is 3.01. The first kappa shape index (κ1) is 18.8. The van der Waals surface area contributed by atoms with Crippen LogP contribution in [0.3, 0.4) is 0 Å². The van der Waals surface area contributed by atoms with Gasteiger partial charge in [0.15, 0.2) is 5.96 Å². The number of carbonyl (C=O) groups excluding carboxylic acids is 1. The van der Waals surface area contributed by atoms with E-state index in [-0.39, 0.29) is 6.09 Å². The van der Waals surface area contributed by atoms with Gasteiger partial charge in [-0.2, -0.15) is 0 Å². The van der Waals surface area contributed by atoms with Crippen molar-refractivity contribution in [2.24, 2.45) is 10.7 Å². The van der Waals surface area contributed by atoms with Crippen molar-refractivity contribution in [3.8, 4) is 0 Å². The normalized spacial score (nSPS) is 12.0. The van der Waals surface area contributed by atoms with Crippen molar-refractivity contribution in [3.63, 3.8) is 0 Å². The Morgan fingerprint density at radius 1 is 1.30 bits per heavy atom. The number of hydrogen-bond acceptors (Lipinski definition) is 3. The number of rotatable bonds is 5. The lowest BCUT2D eigenvalue weighted by atomic mass is 10.2. The van der Waals surface area contributed by atoms with Crippen molar-refractivity contribution >= 4 is 17.7 Å². The van der Waals surface area contributed by atoms with Crippen LogP contribution in [0, 0.1) is 6.92 Å². The summed E-state index contributed by atoms with van der Waals surface area (Å²) in [6.07, 6.45) is -0.333. The molecule has 0 aliphatic heterocycles. The zero-order chi connectivity index (χ0) is 17.5. The van der Waals surface area contributed by atoms with E-state index in [0.717, 1.165) is 5.69 Å². The van der Waals surface area contributed by atoms with Crippen molar-refractivity contribution in [3.05, 3.63) is 29.8 Å². The predicted molar refractivity (Wildman–Crippen MR) is 94.8 cm³/mol. The van der Waals surface area contributed by atoms with Crippen LogP contribution in [0.4, 0.5) is 10.5 Å². The van der Waals surface area contributed by atoms with Crippen LogP contribution in [0.1, 0.15) is 33.3 Å². The first-order valence-electron chi connectivity index (χ1n) is 7.83. The summed E-state index contributed by atoms with van der Waals surface area (Å²) in [5.74, 6) is 0.328. The van der Waals surface area contributed by atoms with Crippen LogP contribution < -0.4 is 11.1 Å². The minimum absolute atomic E-state index is 0.328. The van der Waals surface area contributed by atoms with Gasteiger partial charge in [0.05, 0.1) is 6.54 Å². The Kier molecular flexibility index (Phi) is 6.88. The highest BCUT2D eigenvalue weighted by Gasteiger charge is 2.20. The number of nitrogens with one attached hydrogen (secondary N) is 1. The molecule has 0 spiro atoms. The third-order valence-corrected chi connectivity index (χ3v) is 3.01. The van der Waals surface area contributed by atoms with E-state index in [1.165, 1.54) is 5.56 Å². The number of carbonyl (C=O) groups is 1. The highest BCUT2D eigenvalue weighted by molar-refractivity contribution is 5.92. The minimum atomic E-state index is -0.500. The van der Waals surface area contributed by atoms with Gasteiger partial charge in [0.1, 0.15) is 5.60 Å². The van der Waals surface area contributed by atoms with Crippen molar-refractivity contribution < 1.29 is 9.53 Å². The summed E-state index contributed by atoms with van der Waals surface area (Å²) in [5, 5.41) is 3.02. The first-order chi connectivity index (χ1) is 10.7. The van der Waals surface area contributed by atoms with Crippen LogP contribution in [0.25, 0.3) is 0 Å². The molecule has 1 amide bonds. The number of guanidine groups is 1. The molecule has 0 atom stereocenters. The van der Waals surface area contributed by atoms with E-state index in [4.69, 9.17) is 10.5 Å². The van der Waals surface area contributed by atoms with Crippen LogP contribution >= 0.6 is 0 Å². The second kappa shape index (κ2) is 8.41. The number of aliphatic imine (C=N–C) groups is 1.